The molecule has 0 N–H and O–H groups in total. The van der Waals surface area contributed by atoms with Gasteiger partial charge in [0.25, 0.3) is 0 Å². The van der Waals surface area contributed by atoms with Crippen LogP contribution >= 0.6 is 0 Å². The number of nitrogens with zero attached hydrogens (tertiary/aromatic N) is 4. The maximum absolute atomic E-state index is 8.85. The third-order valence-electron chi connectivity index (χ3n) is 3.06. The van der Waals surface area contributed by atoms with Crippen molar-refractivity contribution in [3.05, 3.63) is 54.0 Å². The van der Waals surface area contributed by atoms with Crippen molar-refractivity contribution in [2.24, 2.45) is 0 Å². The van der Waals surface area contributed by atoms with Crippen molar-refractivity contribution in [3.63, 3.8) is 0 Å². The first kappa shape index (κ1) is 11.4. The summed E-state index contributed by atoms with van der Waals surface area (Å²) in [5, 5.41) is 8.85. The van der Waals surface area contributed by atoms with Gasteiger partial charge in [-0.1, -0.05) is 6.92 Å². The minimum atomic E-state index is 0.652. The number of fused-ring (bicyclic) bond motifs is 1. The van der Waals surface area contributed by atoms with Gasteiger partial charge >= 0.3 is 0 Å². The lowest BCUT2D eigenvalue weighted by molar-refractivity contribution is 0.901. The molecule has 4 nitrogen and oxygen atoms in total. The fourth-order valence-electron chi connectivity index (χ4n) is 2.15. The summed E-state index contributed by atoms with van der Waals surface area (Å²) in [6.45, 7) is 2.07. The number of nitriles is 1. The Balaban J connectivity index is 2.25. The predicted molar refractivity (Wildman–Crippen MR) is 73.0 cm³/mol. The van der Waals surface area contributed by atoms with Gasteiger partial charge in [0.15, 0.2) is 5.65 Å². The van der Waals surface area contributed by atoms with E-state index in [4.69, 9.17) is 5.26 Å². The first-order valence-corrected chi connectivity index (χ1v) is 6.16. The van der Waals surface area contributed by atoms with Crippen LogP contribution in [0.4, 0.5) is 0 Å². The van der Waals surface area contributed by atoms with E-state index in [9.17, 15) is 0 Å². The second-order valence-electron chi connectivity index (χ2n) is 4.22. The molecule has 0 saturated heterocycles. The van der Waals surface area contributed by atoms with E-state index in [1.807, 2.05) is 41.0 Å². The molecule has 19 heavy (non-hydrogen) atoms. The van der Waals surface area contributed by atoms with Crippen LogP contribution in [0.3, 0.4) is 0 Å². The van der Waals surface area contributed by atoms with Crippen LogP contribution in [0.25, 0.3) is 16.9 Å². The van der Waals surface area contributed by atoms with E-state index in [-0.39, 0.29) is 0 Å². The third-order valence-corrected chi connectivity index (χ3v) is 3.06. The average molecular weight is 248 g/mol. The van der Waals surface area contributed by atoms with Crippen LogP contribution in [0.1, 0.15) is 18.3 Å². The molecule has 0 saturated carbocycles. The number of hydrogen-bond donors (Lipinski definition) is 0. The van der Waals surface area contributed by atoms with Gasteiger partial charge in [0.2, 0.25) is 0 Å². The van der Waals surface area contributed by atoms with Crippen LogP contribution in [-0.2, 0) is 6.42 Å². The Bertz CT molecular complexity index is 763. The Morgan fingerprint density at radius 1 is 1.21 bits per heavy atom. The second-order valence-corrected chi connectivity index (χ2v) is 4.22. The molecule has 92 valence electrons. The van der Waals surface area contributed by atoms with Crippen molar-refractivity contribution in [3.8, 4) is 11.8 Å². The van der Waals surface area contributed by atoms with Gasteiger partial charge in [-0.15, -0.1) is 0 Å². The minimum absolute atomic E-state index is 0.652. The molecule has 0 unspecified atom stereocenters. The van der Waals surface area contributed by atoms with Gasteiger partial charge in [-0.25, -0.2) is 9.97 Å². The third kappa shape index (κ3) is 1.85. The van der Waals surface area contributed by atoms with Crippen LogP contribution in [-0.4, -0.2) is 14.5 Å². The van der Waals surface area contributed by atoms with Gasteiger partial charge in [-0.2, -0.15) is 5.26 Å². The smallest absolute Gasteiger partial charge is 0.164 e. The van der Waals surface area contributed by atoms with Crippen molar-refractivity contribution < 1.29 is 0 Å². The lowest BCUT2D eigenvalue weighted by Crippen LogP contribution is -2.00. The van der Waals surface area contributed by atoms with Gasteiger partial charge in [-0.05, 0) is 36.4 Å². The highest BCUT2D eigenvalue weighted by molar-refractivity contribution is 5.73. The zero-order valence-corrected chi connectivity index (χ0v) is 10.5. The van der Waals surface area contributed by atoms with Crippen LogP contribution in [0, 0.1) is 11.3 Å². The van der Waals surface area contributed by atoms with Crippen LogP contribution < -0.4 is 0 Å². The molecule has 4 heteroatoms. The molecule has 0 fully saturated rings. The summed E-state index contributed by atoms with van der Waals surface area (Å²) in [7, 11) is 0. The van der Waals surface area contributed by atoms with Gasteiger partial charge < -0.3 is 0 Å². The standard InChI is InChI=1S/C15H12N4/c1-2-14-18-13-4-3-9-17-15(13)19(14)12-7-5-11(10-16)6-8-12/h3-9H,2H2,1H3. The Hall–Kier alpha value is -2.67. The number of rotatable bonds is 2. The monoisotopic (exact) mass is 248 g/mol. The Morgan fingerprint density at radius 3 is 2.68 bits per heavy atom. The molecule has 0 aliphatic rings. The molecular weight excluding hydrogens is 236 g/mol. The highest BCUT2D eigenvalue weighted by Gasteiger charge is 2.11. The van der Waals surface area contributed by atoms with Gasteiger partial charge in [0.1, 0.15) is 11.3 Å². The quantitative estimate of drug-likeness (QED) is 0.700. The molecule has 3 rings (SSSR count). The summed E-state index contributed by atoms with van der Waals surface area (Å²) in [6.07, 6.45) is 2.60. The lowest BCUT2D eigenvalue weighted by atomic mass is 10.2. The summed E-state index contributed by atoms with van der Waals surface area (Å²) >= 11 is 0. The predicted octanol–water partition coefficient (Wildman–Crippen LogP) is 2.85. The molecule has 0 aliphatic heterocycles. The van der Waals surface area contributed by atoms with Crippen molar-refractivity contribution in [1.29, 1.82) is 5.26 Å². The van der Waals surface area contributed by atoms with E-state index in [0.29, 0.717) is 5.56 Å². The molecule has 0 aliphatic carbocycles. The molecule has 0 bridgehead atoms. The number of pyridine rings is 1. The molecule has 1 aromatic carbocycles. The van der Waals surface area contributed by atoms with Crippen molar-refractivity contribution in [2.45, 2.75) is 13.3 Å². The lowest BCUT2D eigenvalue weighted by Gasteiger charge is -2.07. The number of aryl methyl sites for hydroxylation is 1. The fraction of sp³-hybridized carbons (Fsp3) is 0.133. The van der Waals surface area contributed by atoms with E-state index in [1.54, 1.807) is 6.20 Å². The van der Waals surface area contributed by atoms with E-state index < -0.39 is 0 Å². The second kappa shape index (κ2) is 4.54. The highest BCUT2D eigenvalue weighted by atomic mass is 15.1. The first-order chi connectivity index (χ1) is 9.33. The van der Waals surface area contributed by atoms with Crippen molar-refractivity contribution in [1.82, 2.24) is 14.5 Å². The molecule has 0 radical (unpaired) electrons. The molecule has 0 amide bonds. The number of hydrogen-bond acceptors (Lipinski definition) is 3. The van der Waals surface area contributed by atoms with E-state index >= 15 is 0 Å². The Morgan fingerprint density at radius 2 is 2.00 bits per heavy atom. The van der Waals surface area contributed by atoms with E-state index in [0.717, 1.165) is 29.1 Å². The first-order valence-electron chi connectivity index (χ1n) is 6.16. The molecule has 3 aromatic rings. The Labute approximate surface area is 111 Å². The average Bonchev–Trinajstić information content (AvgIpc) is 2.86. The number of aromatic nitrogens is 3. The SMILES string of the molecule is CCc1nc2cccnc2n1-c1ccc(C#N)cc1. The minimum Gasteiger partial charge on any atom is -0.281 e. The zero-order valence-electron chi connectivity index (χ0n) is 10.5. The summed E-state index contributed by atoms with van der Waals surface area (Å²) in [4.78, 5) is 8.99. The summed E-state index contributed by atoms with van der Waals surface area (Å²) in [5.74, 6) is 0.971. The topological polar surface area (TPSA) is 54.5 Å². The highest BCUT2D eigenvalue weighted by Crippen LogP contribution is 2.20. The summed E-state index contributed by atoms with van der Waals surface area (Å²) in [6, 6.07) is 13.4. The summed E-state index contributed by atoms with van der Waals surface area (Å²) < 4.78 is 2.04. The largest absolute Gasteiger partial charge is 0.281 e. The normalized spacial score (nSPS) is 10.5. The molecule has 2 heterocycles. The Kier molecular flexibility index (Phi) is 2.73. The van der Waals surface area contributed by atoms with Crippen LogP contribution in [0.5, 0.6) is 0 Å². The van der Waals surface area contributed by atoms with Crippen molar-refractivity contribution >= 4 is 11.2 Å². The molecular formula is C15H12N4. The van der Waals surface area contributed by atoms with Gasteiger partial charge in [-0.3, -0.25) is 4.57 Å². The molecule has 0 spiro atoms. The van der Waals surface area contributed by atoms with Crippen LogP contribution in [0.15, 0.2) is 42.6 Å². The van der Waals surface area contributed by atoms with Crippen molar-refractivity contribution in [2.75, 3.05) is 0 Å². The van der Waals surface area contributed by atoms with Gasteiger partial charge in [0.05, 0.1) is 11.6 Å². The fourth-order valence-corrected chi connectivity index (χ4v) is 2.15. The van der Waals surface area contributed by atoms with E-state index in [2.05, 4.69) is 23.0 Å². The molecule has 2 aromatic heterocycles. The maximum atomic E-state index is 8.85. The maximum Gasteiger partial charge on any atom is 0.164 e. The number of benzene rings is 1. The van der Waals surface area contributed by atoms with Gasteiger partial charge in [0, 0.05) is 18.3 Å². The summed E-state index contributed by atoms with van der Waals surface area (Å²) in [5.41, 5.74) is 3.38. The molecule has 0 atom stereocenters. The van der Waals surface area contributed by atoms with E-state index in [1.165, 1.54) is 0 Å². The van der Waals surface area contributed by atoms with Crippen LogP contribution in [0.2, 0.25) is 0 Å². The number of imidazole rings is 1. The zero-order chi connectivity index (χ0) is 13.2.